The van der Waals surface area contributed by atoms with Crippen molar-refractivity contribution in [2.24, 2.45) is 28.9 Å². The normalized spacial score (nSPS) is 24.3. The van der Waals surface area contributed by atoms with Gasteiger partial charge in [-0.15, -0.1) is 0 Å². The smallest absolute Gasteiger partial charge is 0.449 e. The highest BCUT2D eigenvalue weighted by Gasteiger charge is 2.40. The Bertz CT molecular complexity index is 1920. The monoisotopic (exact) mass is 1230 g/mol. The van der Waals surface area contributed by atoms with Crippen molar-refractivity contribution in [3.8, 4) is 0 Å². The van der Waals surface area contributed by atoms with E-state index in [4.69, 9.17) is 103 Å². The van der Waals surface area contributed by atoms with Crippen molar-refractivity contribution in [1.29, 1.82) is 0 Å². The van der Waals surface area contributed by atoms with Gasteiger partial charge < -0.3 is 87.9 Å². The molecule has 31 heteroatoms. The largest absolute Gasteiger partial charge is 0.475 e. The van der Waals surface area contributed by atoms with Gasteiger partial charge in [0, 0.05) is 50.5 Å². The summed E-state index contributed by atoms with van der Waals surface area (Å²) in [6, 6.07) is 0.0158. The van der Waals surface area contributed by atoms with Crippen LogP contribution in [0.2, 0.25) is 20.5 Å². The molecule has 21 nitrogen and oxygen atoms in total. The summed E-state index contributed by atoms with van der Waals surface area (Å²) in [5, 5.41) is 69.4. The maximum absolute atomic E-state index is 9.69. The molecule has 7 aliphatic rings. The van der Waals surface area contributed by atoms with Gasteiger partial charge >= 0.3 is 47.3 Å². The van der Waals surface area contributed by atoms with Crippen LogP contribution in [0.5, 0.6) is 0 Å². The highest BCUT2D eigenvalue weighted by atomic mass is 32.1. The summed E-state index contributed by atoms with van der Waals surface area (Å²) in [5.41, 5.74) is 23.8. The predicted molar refractivity (Wildman–Crippen MR) is 344 cm³/mol. The Labute approximate surface area is 512 Å². The molecule has 458 valence electrons. The average molecular weight is 1230 g/mol. The fourth-order valence-electron chi connectivity index (χ4n) is 11.7. The van der Waals surface area contributed by atoms with Crippen LogP contribution < -0.4 is 28.3 Å². The van der Waals surface area contributed by atoms with Gasteiger partial charge in [-0.2, -0.15) is 19.2 Å². The van der Waals surface area contributed by atoms with E-state index in [1.54, 1.807) is 0 Å². The molecule has 1 saturated carbocycles. The second-order valence-corrected chi connectivity index (χ2v) is 24.3. The van der Waals surface area contributed by atoms with E-state index in [9.17, 15) is 35.2 Å². The van der Waals surface area contributed by atoms with Crippen LogP contribution in [-0.4, -0.2) is 231 Å². The van der Waals surface area contributed by atoms with Gasteiger partial charge in [-0.1, -0.05) is 121 Å². The second kappa shape index (κ2) is 42.0. The maximum Gasteiger partial charge on any atom is 0.475 e. The van der Waals surface area contributed by atoms with Crippen molar-refractivity contribution in [2.75, 3.05) is 39.3 Å². The Morgan fingerprint density at radius 1 is 0.506 bits per heavy atom. The molecule has 7 fully saturated rings. The lowest BCUT2D eigenvalue weighted by atomic mass is 9.62. The Morgan fingerprint density at radius 2 is 0.864 bits per heavy atom. The fraction of sp³-hybridized carbons (Fsp3) is 0.860. The minimum absolute atomic E-state index is 0.0376. The molecule has 1 aliphatic carbocycles. The molecule has 10 atom stereocenters. The molecular formula is C50H97B5N10O11S5. The van der Waals surface area contributed by atoms with Crippen molar-refractivity contribution in [3.05, 3.63) is 0 Å². The van der Waals surface area contributed by atoms with Crippen molar-refractivity contribution >= 4 is 133 Å². The van der Waals surface area contributed by atoms with Gasteiger partial charge in [-0.25, -0.2) is 0 Å². The molecule has 0 unspecified atom stereocenters. The highest BCUT2D eigenvalue weighted by Crippen LogP contribution is 2.30. The lowest BCUT2D eigenvalue weighted by Crippen LogP contribution is -2.52. The first-order valence-corrected chi connectivity index (χ1v) is 31.4. The van der Waals surface area contributed by atoms with Crippen LogP contribution in [0, 0.1) is 5.92 Å². The number of nitrogens with one attached hydrogen (secondary N) is 1. The summed E-state index contributed by atoms with van der Waals surface area (Å²) in [4.78, 5) is 46.8. The molecule has 6 saturated heterocycles. The molecule has 0 radical (unpaired) electrons. The van der Waals surface area contributed by atoms with Crippen LogP contribution in [-0.2, 0) is 19.2 Å². The standard InChI is InChI=1S/C12H23BN2O2S.C10H19BN2OS.C9H19BN2O2S.C9H19BN2OS.C8H17BN2OS.2CO2/c14-11(9-5-2-1-3-6-9)12(18)15-8-4-7-10(15)13(16)17;1-11(14)9-5-3-7-13(9)10(15)8-4-2-6-12-8;1-2-4-7(11)9(15)12-6-3-5-8(12)10(13)14;1-3-7(11)9(14)12-6-4-5-8(12)10(2)13;1-6(10)8(13)11-5-3-4-7(11)9(2)12;2*2-1-3/h9-11,16-17H,1-8,14H2;8-9,12,14H,2-7H2,1H3;7-8,13-14H,2-6,11H2,1H3;7-8,13H,3-6,11H2,1-2H3;6-7,12H,3-5,10H2,1-2H3;;/t10-,11-;8-,9-;2*7-,8-;6-,7-;;/m00000../s1. The van der Waals surface area contributed by atoms with E-state index in [-0.39, 0.29) is 86.9 Å². The van der Waals surface area contributed by atoms with E-state index in [2.05, 4.69) is 26.9 Å². The third kappa shape index (κ3) is 25.9. The zero-order valence-electron chi connectivity index (χ0n) is 49.0. The Hall–Kier alpha value is -1.95. The SMILES string of the molecule is CB(O)[C@@H]1CCCN1C(=S)[C@@H]1CCCN1.CB(O)[C@@H]1CCCN1C(=S)[C@H](C)N.CCC[C@H](N)C(=S)N1CCC[C@H]1B(O)O.CC[C@H](N)C(=S)N1CCC[C@H]1B(C)O.N[C@H](C(=S)N1CCC[C@H]1B(O)O)C1CCCCC1.O=C=O.O=C=O. The maximum atomic E-state index is 9.69. The molecule has 6 aliphatic heterocycles. The summed E-state index contributed by atoms with van der Waals surface area (Å²) in [6.07, 6.45) is 21.6. The number of thiocarbonyl (C=S) groups is 5. The van der Waals surface area contributed by atoms with E-state index >= 15 is 0 Å². The van der Waals surface area contributed by atoms with E-state index in [1.165, 1.54) is 25.7 Å². The van der Waals surface area contributed by atoms with Crippen LogP contribution in [0.15, 0.2) is 0 Å². The number of carbonyl (C=O) groups excluding carboxylic acids is 4. The van der Waals surface area contributed by atoms with Crippen LogP contribution in [0.1, 0.15) is 149 Å². The molecule has 16 N–H and O–H groups in total. The lowest BCUT2D eigenvalue weighted by molar-refractivity contribution is -0.193. The van der Waals surface area contributed by atoms with E-state index in [0.29, 0.717) is 16.9 Å². The minimum atomic E-state index is -1.32. The number of nitrogens with two attached hydrogens (primary N) is 4. The predicted octanol–water partition coefficient (Wildman–Crippen LogP) is 1.08. The van der Waals surface area contributed by atoms with Gasteiger partial charge in [0.1, 0.15) is 0 Å². The molecule has 0 aromatic heterocycles. The lowest BCUT2D eigenvalue weighted by Gasteiger charge is -2.34. The van der Waals surface area contributed by atoms with Crippen molar-refractivity contribution < 1.29 is 54.3 Å². The first-order valence-electron chi connectivity index (χ1n) is 29.4. The van der Waals surface area contributed by atoms with Gasteiger partial charge in [-0.05, 0) is 122 Å². The van der Waals surface area contributed by atoms with Crippen LogP contribution >= 0.6 is 61.1 Å². The minimum Gasteiger partial charge on any atom is -0.449 e. The van der Waals surface area contributed by atoms with Crippen LogP contribution in [0.4, 0.5) is 0 Å². The van der Waals surface area contributed by atoms with Gasteiger partial charge in [0.2, 0.25) is 0 Å². The zero-order chi connectivity index (χ0) is 61.5. The molecule has 0 spiro atoms. The number of rotatable bonds is 14. The van der Waals surface area contributed by atoms with Crippen molar-refractivity contribution in [1.82, 2.24) is 29.8 Å². The molecule has 0 amide bonds. The quantitative estimate of drug-likeness (QED) is 0.0855. The first-order chi connectivity index (χ1) is 38.3. The first kappa shape index (κ1) is 77.1. The van der Waals surface area contributed by atoms with Crippen molar-refractivity contribution in [2.45, 2.75) is 230 Å². The van der Waals surface area contributed by atoms with Gasteiger partial charge in [0.25, 0.3) is 0 Å². The topological polar surface area (TPSA) is 342 Å². The molecular weight excluding hydrogens is 1130 g/mol. The molecule has 81 heavy (non-hydrogen) atoms. The molecule has 0 aromatic rings. The molecule has 0 aromatic carbocycles. The van der Waals surface area contributed by atoms with Crippen molar-refractivity contribution in [3.63, 3.8) is 0 Å². The van der Waals surface area contributed by atoms with Crippen LogP contribution in [0.3, 0.4) is 0 Å². The van der Waals surface area contributed by atoms with Gasteiger partial charge in [-0.3, -0.25) is 0 Å². The summed E-state index contributed by atoms with van der Waals surface area (Å²) in [7, 11) is -2.64. The zero-order valence-corrected chi connectivity index (χ0v) is 53.1. The molecule has 7 rings (SSSR count). The fourth-order valence-corrected chi connectivity index (χ4v) is 13.5. The third-order valence-electron chi connectivity index (χ3n) is 16.1. The van der Waals surface area contributed by atoms with E-state index < -0.39 is 14.2 Å². The van der Waals surface area contributed by atoms with Gasteiger partial charge in [0.15, 0.2) is 0 Å². The number of nitrogens with zero attached hydrogens (tertiary/aromatic N) is 5. The van der Waals surface area contributed by atoms with Gasteiger partial charge in [0.05, 0.1) is 67.0 Å². The highest BCUT2D eigenvalue weighted by molar-refractivity contribution is 7.81. The summed E-state index contributed by atoms with van der Waals surface area (Å²) in [5.74, 6) is 0.564. The molecule has 6 heterocycles. The third-order valence-corrected chi connectivity index (χ3v) is 18.8. The summed E-state index contributed by atoms with van der Waals surface area (Å²) < 4.78 is 0. The number of hydrogen-bond donors (Lipinski definition) is 12. The molecule has 0 bridgehead atoms. The Kier molecular flexibility index (Phi) is 40.0. The van der Waals surface area contributed by atoms with Crippen LogP contribution in [0.25, 0.3) is 0 Å². The van der Waals surface area contributed by atoms with E-state index in [0.717, 1.165) is 162 Å². The summed E-state index contributed by atoms with van der Waals surface area (Å²) in [6.45, 7) is 16.2. The Morgan fingerprint density at radius 3 is 1.22 bits per heavy atom. The number of hydrogen-bond acceptors (Lipinski definition) is 21. The summed E-state index contributed by atoms with van der Waals surface area (Å²) >= 11 is 26.8. The second-order valence-electron chi connectivity index (χ2n) is 22.2. The number of likely N-dealkylation sites (tertiary alicyclic amines) is 5. The van der Waals surface area contributed by atoms with E-state index in [1.807, 2.05) is 44.1 Å². The Balaban J connectivity index is 0.000000495. The average Bonchev–Trinajstić information content (AvgIpc) is 4.31.